The van der Waals surface area contributed by atoms with E-state index in [0.717, 1.165) is 17.9 Å². The van der Waals surface area contributed by atoms with Crippen molar-refractivity contribution in [1.82, 2.24) is 0 Å². The number of hydrogen-bond acceptors (Lipinski definition) is 2. The minimum atomic E-state index is 0.882. The van der Waals surface area contributed by atoms with Crippen molar-refractivity contribution >= 4 is 0 Å². The predicted octanol–water partition coefficient (Wildman–Crippen LogP) is 3.29. The Labute approximate surface area is 86.9 Å². The zero-order valence-corrected chi connectivity index (χ0v) is 9.76. The van der Waals surface area contributed by atoms with E-state index < -0.39 is 0 Å². The molecule has 1 aromatic carbocycles. The molecule has 0 saturated heterocycles. The number of ether oxygens (including phenoxy) is 2. The van der Waals surface area contributed by atoms with Crippen molar-refractivity contribution in [3.8, 4) is 11.5 Å². The molecule has 0 aliphatic carbocycles. The van der Waals surface area contributed by atoms with Crippen LogP contribution in [0.4, 0.5) is 0 Å². The van der Waals surface area contributed by atoms with Crippen molar-refractivity contribution in [3.05, 3.63) is 23.8 Å². The van der Waals surface area contributed by atoms with Gasteiger partial charge in [0.05, 0.1) is 14.2 Å². The largest absolute Gasteiger partial charge is 0.497 e. The van der Waals surface area contributed by atoms with Crippen LogP contribution in [0.15, 0.2) is 18.2 Å². The molecule has 1 aromatic rings. The molecule has 0 aliphatic rings. The summed E-state index contributed by atoms with van der Waals surface area (Å²) >= 11 is 0. The number of methoxy groups -OCH3 is 2. The third-order valence-corrected chi connectivity index (χ3v) is 1.87. The third-order valence-electron chi connectivity index (χ3n) is 1.87. The molecular weight excluding hydrogens is 176 g/mol. The molecule has 0 saturated carbocycles. The van der Waals surface area contributed by atoms with Gasteiger partial charge in [-0.2, -0.15) is 0 Å². The third kappa shape index (κ3) is 3.29. The summed E-state index contributed by atoms with van der Waals surface area (Å²) in [7, 11) is 3.35. The molecule has 0 aliphatic heterocycles. The Kier molecular flexibility index (Phi) is 6.63. The SMILES string of the molecule is CC.CCc1cc(OC)ccc1OC. The van der Waals surface area contributed by atoms with E-state index in [1.165, 1.54) is 5.56 Å². The summed E-state index contributed by atoms with van der Waals surface area (Å²) in [5.41, 5.74) is 1.18. The molecule has 80 valence electrons. The van der Waals surface area contributed by atoms with E-state index in [1.54, 1.807) is 14.2 Å². The van der Waals surface area contributed by atoms with Gasteiger partial charge in [-0.25, -0.2) is 0 Å². The zero-order valence-electron chi connectivity index (χ0n) is 9.76. The van der Waals surface area contributed by atoms with Gasteiger partial charge < -0.3 is 9.47 Å². The maximum absolute atomic E-state index is 5.18. The molecule has 0 N–H and O–H groups in total. The fourth-order valence-electron chi connectivity index (χ4n) is 1.16. The molecule has 0 fully saturated rings. The van der Waals surface area contributed by atoms with Crippen molar-refractivity contribution in [2.75, 3.05) is 14.2 Å². The van der Waals surface area contributed by atoms with Crippen LogP contribution < -0.4 is 9.47 Å². The Balaban J connectivity index is 0.000000791. The number of rotatable bonds is 3. The quantitative estimate of drug-likeness (QED) is 0.738. The van der Waals surface area contributed by atoms with Gasteiger partial charge in [0, 0.05) is 0 Å². The van der Waals surface area contributed by atoms with Crippen LogP contribution in [0.2, 0.25) is 0 Å². The fraction of sp³-hybridized carbons (Fsp3) is 0.500. The molecule has 2 heteroatoms. The second-order valence-corrected chi connectivity index (χ2v) is 2.53. The average molecular weight is 196 g/mol. The first-order chi connectivity index (χ1) is 6.81. The van der Waals surface area contributed by atoms with Crippen LogP contribution in [0, 0.1) is 0 Å². The molecule has 0 radical (unpaired) electrons. The molecule has 0 heterocycles. The van der Waals surface area contributed by atoms with E-state index in [4.69, 9.17) is 9.47 Å². The molecule has 2 nitrogen and oxygen atoms in total. The van der Waals surface area contributed by atoms with Gasteiger partial charge in [-0.15, -0.1) is 0 Å². The minimum Gasteiger partial charge on any atom is -0.497 e. The van der Waals surface area contributed by atoms with Gasteiger partial charge in [0.25, 0.3) is 0 Å². The normalized spacial score (nSPS) is 8.64. The Hall–Kier alpha value is -1.18. The molecule has 0 aromatic heterocycles. The van der Waals surface area contributed by atoms with Gasteiger partial charge in [-0.05, 0) is 30.2 Å². The lowest BCUT2D eigenvalue weighted by Gasteiger charge is -2.07. The molecule has 1 rings (SSSR count). The summed E-state index contributed by atoms with van der Waals surface area (Å²) in [5.74, 6) is 1.81. The first-order valence-corrected chi connectivity index (χ1v) is 5.02. The average Bonchev–Trinajstić information content (AvgIpc) is 2.30. The molecular formula is C12H20O2. The van der Waals surface area contributed by atoms with Gasteiger partial charge in [0.2, 0.25) is 0 Å². The highest BCUT2D eigenvalue weighted by Crippen LogP contribution is 2.23. The van der Waals surface area contributed by atoms with E-state index >= 15 is 0 Å². The van der Waals surface area contributed by atoms with Crippen molar-refractivity contribution in [1.29, 1.82) is 0 Å². The van der Waals surface area contributed by atoms with Crippen molar-refractivity contribution in [2.45, 2.75) is 27.2 Å². The highest BCUT2D eigenvalue weighted by atomic mass is 16.5. The summed E-state index contributed by atoms with van der Waals surface area (Å²) in [6.07, 6.45) is 0.959. The van der Waals surface area contributed by atoms with Crippen LogP contribution in [0.1, 0.15) is 26.3 Å². The maximum atomic E-state index is 5.18. The Morgan fingerprint density at radius 3 is 2.14 bits per heavy atom. The van der Waals surface area contributed by atoms with Gasteiger partial charge in [0.15, 0.2) is 0 Å². The molecule has 0 amide bonds. The van der Waals surface area contributed by atoms with Crippen molar-refractivity contribution < 1.29 is 9.47 Å². The van der Waals surface area contributed by atoms with Gasteiger partial charge in [-0.1, -0.05) is 20.8 Å². The van der Waals surface area contributed by atoms with E-state index in [1.807, 2.05) is 32.0 Å². The van der Waals surface area contributed by atoms with Gasteiger partial charge in [-0.3, -0.25) is 0 Å². The maximum Gasteiger partial charge on any atom is 0.122 e. The van der Waals surface area contributed by atoms with E-state index in [0.29, 0.717) is 0 Å². The lowest BCUT2D eigenvalue weighted by atomic mass is 10.1. The molecule has 0 unspecified atom stereocenters. The van der Waals surface area contributed by atoms with Crippen LogP contribution in [-0.4, -0.2) is 14.2 Å². The van der Waals surface area contributed by atoms with Crippen LogP contribution in [-0.2, 0) is 6.42 Å². The van der Waals surface area contributed by atoms with Gasteiger partial charge in [0.1, 0.15) is 11.5 Å². The lowest BCUT2D eigenvalue weighted by Crippen LogP contribution is -1.91. The lowest BCUT2D eigenvalue weighted by molar-refractivity contribution is 0.399. The summed E-state index contributed by atoms with van der Waals surface area (Å²) < 4.78 is 10.3. The topological polar surface area (TPSA) is 18.5 Å². The Bertz CT molecular complexity index is 256. The monoisotopic (exact) mass is 196 g/mol. The van der Waals surface area contributed by atoms with Crippen LogP contribution >= 0.6 is 0 Å². The summed E-state index contributed by atoms with van der Waals surface area (Å²) in [6.45, 7) is 6.09. The van der Waals surface area contributed by atoms with E-state index in [-0.39, 0.29) is 0 Å². The first-order valence-electron chi connectivity index (χ1n) is 5.02. The van der Waals surface area contributed by atoms with Crippen LogP contribution in [0.3, 0.4) is 0 Å². The van der Waals surface area contributed by atoms with E-state index in [9.17, 15) is 0 Å². The Morgan fingerprint density at radius 2 is 1.71 bits per heavy atom. The standard InChI is InChI=1S/C10H14O2.C2H6/c1-4-8-7-9(11-2)5-6-10(8)12-3;1-2/h5-7H,4H2,1-3H3;1-2H3. The van der Waals surface area contributed by atoms with Crippen LogP contribution in [0.5, 0.6) is 11.5 Å². The number of aryl methyl sites for hydroxylation is 1. The first kappa shape index (κ1) is 12.8. The smallest absolute Gasteiger partial charge is 0.122 e. The second kappa shape index (κ2) is 7.25. The number of benzene rings is 1. The fourth-order valence-corrected chi connectivity index (χ4v) is 1.16. The summed E-state index contributed by atoms with van der Waals surface area (Å²) in [6, 6.07) is 5.83. The Morgan fingerprint density at radius 1 is 1.07 bits per heavy atom. The second-order valence-electron chi connectivity index (χ2n) is 2.53. The zero-order chi connectivity index (χ0) is 11.0. The summed E-state index contributed by atoms with van der Waals surface area (Å²) in [4.78, 5) is 0. The summed E-state index contributed by atoms with van der Waals surface area (Å²) in [5, 5.41) is 0. The molecule has 14 heavy (non-hydrogen) atoms. The number of hydrogen-bond donors (Lipinski definition) is 0. The molecule has 0 atom stereocenters. The highest BCUT2D eigenvalue weighted by molar-refractivity contribution is 5.40. The van der Waals surface area contributed by atoms with E-state index in [2.05, 4.69) is 6.92 Å². The predicted molar refractivity (Wildman–Crippen MR) is 60.3 cm³/mol. The van der Waals surface area contributed by atoms with Crippen molar-refractivity contribution in [2.24, 2.45) is 0 Å². The van der Waals surface area contributed by atoms with Crippen LogP contribution in [0.25, 0.3) is 0 Å². The molecule has 0 spiro atoms. The van der Waals surface area contributed by atoms with Gasteiger partial charge >= 0.3 is 0 Å². The highest BCUT2D eigenvalue weighted by Gasteiger charge is 2.01. The minimum absolute atomic E-state index is 0.882. The van der Waals surface area contributed by atoms with Crippen molar-refractivity contribution in [3.63, 3.8) is 0 Å². The molecule has 0 bridgehead atoms.